The average Bonchev–Trinajstić information content (AvgIpc) is 3.21. The molecule has 0 aliphatic carbocycles. The summed E-state index contributed by atoms with van der Waals surface area (Å²) >= 11 is 0. The number of nitro benzene ring substituents is 1. The molecule has 4 rings (SSSR count). The predicted octanol–water partition coefficient (Wildman–Crippen LogP) is 3.48. The van der Waals surface area contributed by atoms with Crippen molar-refractivity contribution in [3.8, 4) is 5.69 Å². The highest BCUT2D eigenvalue weighted by Gasteiger charge is 2.23. The molecule has 0 fully saturated rings. The molecule has 2 heterocycles. The number of aromatic nitrogens is 2. The molecule has 1 aliphatic rings. The SMILES string of the molecule is O=[N+]([O-])c1ccc(-n2nc(Cc3ccc(F)cc3)c3c2NCC3)cc1. The smallest absolute Gasteiger partial charge is 0.269 e. The maximum absolute atomic E-state index is 13.1. The second kappa shape index (κ2) is 6.01. The van der Waals surface area contributed by atoms with E-state index in [4.69, 9.17) is 0 Å². The Morgan fingerprint density at radius 1 is 1.16 bits per heavy atom. The van der Waals surface area contributed by atoms with E-state index in [1.54, 1.807) is 28.9 Å². The summed E-state index contributed by atoms with van der Waals surface area (Å²) in [5.74, 6) is 0.665. The Morgan fingerprint density at radius 2 is 1.88 bits per heavy atom. The fourth-order valence-corrected chi connectivity index (χ4v) is 3.09. The van der Waals surface area contributed by atoms with Gasteiger partial charge in [-0.15, -0.1) is 0 Å². The Labute approximate surface area is 143 Å². The minimum atomic E-state index is -0.421. The van der Waals surface area contributed by atoms with Crippen LogP contribution in [0.3, 0.4) is 0 Å². The maximum atomic E-state index is 13.1. The van der Waals surface area contributed by atoms with Crippen LogP contribution in [0, 0.1) is 15.9 Å². The number of nitro groups is 1. The van der Waals surface area contributed by atoms with Crippen molar-refractivity contribution in [1.82, 2.24) is 9.78 Å². The monoisotopic (exact) mass is 338 g/mol. The number of rotatable bonds is 4. The quantitative estimate of drug-likeness (QED) is 0.584. The largest absolute Gasteiger partial charge is 0.369 e. The Bertz CT molecular complexity index is 933. The van der Waals surface area contributed by atoms with E-state index in [1.807, 2.05) is 0 Å². The van der Waals surface area contributed by atoms with Gasteiger partial charge in [-0.05, 0) is 36.2 Å². The number of benzene rings is 2. The summed E-state index contributed by atoms with van der Waals surface area (Å²) < 4.78 is 14.9. The van der Waals surface area contributed by atoms with Gasteiger partial charge in [-0.3, -0.25) is 10.1 Å². The summed E-state index contributed by atoms with van der Waals surface area (Å²) in [7, 11) is 0. The van der Waals surface area contributed by atoms with Crippen LogP contribution in [0.1, 0.15) is 16.8 Å². The zero-order chi connectivity index (χ0) is 17.4. The number of nitrogens with zero attached hydrogens (tertiary/aromatic N) is 3. The van der Waals surface area contributed by atoms with Crippen molar-refractivity contribution < 1.29 is 9.31 Å². The van der Waals surface area contributed by atoms with Crippen LogP contribution in [-0.4, -0.2) is 21.2 Å². The summed E-state index contributed by atoms with van der Waals surface area (Å²) in [4.78, 5) is 10.4. The molecule has 126 valence electrons. The number of halogens is 1. The fourth-order valence-electron chi connectivity index (χ4n) is 3.09. The van der Waals surface area contributed by atoms with E-state index in [9.17, 15) is 14.5 Å². The van der Waals surface area contributed by atoms with Crippen molar-refractivity contribution >= 4 is 11.5 Å². The first kappa shape index (κ1) is 15.3. The van der Waals surface area contributed by atoms with E-state index in [2.05, 4.69) is 10.4 Å². The molecule has 25 heavy (non-hydrogen) atoms. The molecular weight excluding hydrogens is 323 g/mol. The van der Waals surface area contributed by atoms with Crippen molar-refractivity contribution in [2.75, 3.05) is 11.9 Å². The minimum absolute atomic E-state index is 0.0482. The lowest BCUT2D eigenvalue weighted by Gasteiger charge is -2.06. The minimum Gasteiger partial charge on any atom is -0.369 e. The molecule has 7 heteroatoms. The molecule has 0 saturated heterocycles. The number of anilines is 1. The average molecular weight is 338 g/mol. The highest BCUT2D eigenvalue weighted by atomic mass is 19.1. The van der Waals surface area contributed by atoms with Crippen molar-refractivity contribution in [3.63, 3.8) is 0 Å². The van der Waals surface area contributed by atoms with Gasteiger partial charge in [0, 0.05) is 30.7 Å². The first-order chi connectivity index (χ1) is 12.1. The molecule has 6 nitrogen and oxygen atoms in total. The van der Waals surface area contributed by atoms with Gasteiger partial charge in [-0.2, -0.15) is 5.10 Å². The van der Waals surface area contributed by atoms with Crippen LogP contribution in [0.5, 0.6) is 0 Å². The number of fused-ring (bicyclic) bond motifs is 1. The lowest BCUT2D eigenvalue weighted by atomic mass is 10.1. The van der Waals surface area contributed by atoms with Gasteiger partial charge in [0.05, 0.1) is 16.3 Å². The molecule has 1 aliphatic heterocycles. The number of non-ortho nitro benzene ring substituents is 1. The van der Waals surface area contributed by atoms with Gasteiger partial charge >= 0.3 is 0 Å². The predicted molar refractivity (Wildman–Crippen MR) is 91.6 cm³/mol. The van der Waals surface area contributed by atoms with Gasteiger partial charge in [0.25, 0.3) is 5.69 Å². The highest BCUT2D eigenvalue weighted by Crippen LogP contribution is 2.30. The first-order valence-corrected chi connectivity index (χ1v) is 7.96. The number of hydrogen-bond donors (Lipinski definition) is 1. The van der Waals surface area contributed by atoms with E-state index in [0.29, 0.717) is 6.42 Å². The summed E-state index contributed by atoms with van der Waals surface area (Å²) in [5.41, 5.74) is 3.88. The molecule has 0 atom stereocenters. The lowest BCUT2D eigenvalue weighted by Crippen LogP contribution is -2.05. The molecular formula is C18H15FN4O2. The maximum Gasteiger partial charge on any atom is 0.269 e. The van der Waals surface area contributed by atoms with Crippen LogP contribution in [0.15, 0.2) is 48.5 Å². The Kier molecular flexibility index (Phi) is 3.68. The zero-order valence-electron chi connectivity index (χ0n) is 13.3. The number of hydrogen-bond acceptors (Lipinski definition) is 4. The molecule has 0 radical (unpaired) electrons. The molecule has 1 aromatic heterocycles. The summed E-state index contributed by atoms with van der Waals surface area (Å²) in [6.07, 6.45) is 1.49. The molecule has 2 aromatic carbocycles. The van der Waals surface area contributed by atoms with Crippen LogP contribution in [-0.2, 0) is 12.8 Å². The molecule has 0 amide bonds. The molecule has 0 saturated carbocycles. The third-order valence-corrected chi connectivity index (χ3v) is 4.32. The van der Waals surface area contributed by atoms with Crippen LogP contribution >= 0.6 is 0 Å². The molecule has 0 unspecified atom stereocenters. The lowest BCUT2D eigenvalue weighted by molar-refractivity contribution is -0.384. The van der Waals surface area contributed by atoms with Gasteiger partial charge < -0.3 is 5.32 Å². The fraction of sp³-hybridized carbons (Fsp3) is 0.167. The Hall–Kier alpha value is -3.22. The van der Waals surface area contributed by atoms with E-state index >= 15 is 0 Å². The van der Waals surface area contributed by atoms with Gasteiger partial charge in [-0.1, -0.05) is 12.1 Å². The highest BCUT2D eigenvalue weighted by molar-refractivity contribution is 5.58. The standard InChI is InChI=1S/C18H15FN4O2/c19-13-3-1-12(2-4-13)11-17-16-9-10-20-18(16)22(21-17)14-5-7-15(8-6-14)23(24)25/h1-8,20H,9-11H2. The second-order valence-electron chi connectivity index (χ2n) is 5.94. The van der Waals surface area contributed by atoms with E-state index in [-0.39, 0.29) is 11.5 Å². The summed E-state index contributed by atoms with van der Waals surface area (Å²) in [6, 6.07) is 12.7. The second-order valence-corrected chi connectivity index (χ2v) is 5.94. The van der Waals surface area contributed by atoms with Crippen LogP contribution < -0.4 is 5.32 Å². The van der Waals surface area contributed by atoms with Gasteiger partial charge in [0.2, 0.25) is 0 Å². The van der Waals surface area contributed by atoms with E-state index < -0.39 is 4.92 Å². The molecule has 3 aromatic rings. The number of nitrogens with one attached hydrogen (secondary N) is 1. The van der Waals surface area contributed by atoms with Crippen molar-refractivity contribution in [3.05, 3.63) is 81.3 Å². The Balaban J connectivity index is 1.70. The Morgan fingerprint density at radius 3 is 2.56 bits per heavy atom. The van der Waals surface area contributed by atoms with Crippen molar-refractivity contribution in [1.29, 1.82) is 0 Å². The molecule has 1 N–H and O–H groups in total. The van der Waals surface area contributed by atoms with Crippen molar-refractivity contribution in [2.45, 2.75) is 12.8 Å². The van der Waals surface area contributed by atoms with Crippen molar-refractivity contribution in [2.24, 2.45) is 0 Å². The third kappa shape index (κ3) is 2.84. The van der Waals surface area contributed by atoms with Gasteiger partial charge in [0.1, 0.15) is 11.6 Å². The van der Waals surface area contributed by atoms with Gasteiger partial charge in [-0.25, -0.2) is 9.07 Å². The van der Waals surface area contributed by atoms with E-state index in [0.717, 1.165) is 41.3 Å². The van der Waals surface area contributed by atoms with Crippen LogP contribution in [0.25, 0.3) is 5.69 Å². The van der Waals surface area contributed by atoms with Crippen LogP contribution in [0.2, 0.25) is 0 Å². The summed E-state index contributed by atoms with van der Waals surface area (Å²) in [6.45, 7) is 0.830. The van der Waals surface area contributed by atoms with Crippen LogP contribution in [0.4, 0.5) is 15.9 Å². The third-order valence-electron chi connectivity index (χ3n) is 4.32. The van der Waals surface area contributed by atoms with Gasteiger partial charge in [0.15, 0.2) is 0 Å². The first-order valence-electron chi connectivity index (χ1n) is 7.96. The summed E-state index contributed by atoms with van der Waals surface area (Å²) in [5, 5.41) is 18.8. The van der Waals surface area contributed by atoms with E-state index in [1.165, 1.54) is 24.3 Å². The molecule has 0 spiro atoms. The normalized spacial score (nSPS) is 12.7. The topological polar surface area (TPSA) is 73.0 Å². The molecule has 0 bridgehead atoms. The zero-order valence-corrected chi connectivity index (χ0v) is 13.3.